The van der Waals surface area contributed by atoms with Crippen molar-refractivity contribution in [3.8, 4) is 11.8 Å². The number of hydrogen-bond acceptors (Lipinski definition) is 7. The Hall–Kier alpha value is -3.02. The Kier molecular flexibility index (Phi) is 5.53. The van der Waals surface area contributed by atoms with E-state index in [1.165, 1.54) is 0 Å². The summed E-state index contributed by atoms with van der Waals surface area (Å²) in [6, 6.07) is 8.08. The maximum atomic E-state index is 9.50. The minimum atomic E-state index is -0.229. The van der Waals surface area contributed by atoms with Gasteiger partial charge in [-0.15, -0.1) is 10.2 Å². The van der Waals surface area contributed by atoms with E-state index in [1.54, 1.807) is 6.20 Å². The van der Waals surface area contributed by atoms with Gasteiger partial charge in [0.15, 0.2) is 5.82 Å². The number of halogens is 1. The zero-order valence-electron chi connectivity index (χ0n) is 18.2. The fourth-order valence-corrected chi connectivity index (χ4v) is 4.83. The number of hydrogen-bond donors (Lipinski definition) is 0. The maximum Gasteiger partial charge on any atom is 0.151 e. The molecular weight excluding hydrogens is 424 g/mol. The molecule has 2 aromatic heterocycles. The number of aromatic nitrogens is 5. The normalized spacial score (nSPS) is 17.9. The van der Waals surface area contributed by atoms with Gasteiger partial charge in [-0.05, 0) is 50.5 Å². The minimum Gasteiger partial charge on any atom is -0.355 e. The second-order valence-corrected chi connectivity index (χ2v) is 9.01. The highest BCUT2D eigenvalue weighted by molar-refractivity contribution is 6.30. The first-order chi connectivity index (χ1) is 15.5. The van der Waals surface area contributed by atoms with E-state index < -0.39 is 0 Å². The molecule has 0 amide bonds. The van der Waals surface area contributed by atoms with Crippen molar-refractivity contribution >= 4 is 17.4 Å². The van der Waals surface area contributed by atoms with Crippen molar-refractivity contribution in [1.82, 2.24) is 29.6 Å². The van der Waals surface area contributed by atoms with Crippen LogP contribution in [0.5, 0.6) is 0 Å². The van der Waals surface area contributed by atoms with Gasteiger partial charge in [-0.3, -0.25) is 14.5 Å². The summed E-state index contributed by atoms with van der Waals surface area (Å²) in [4.78, 5) is 13.3. The molecule has 5 rings (SSSR count). The zero-order valence-corrected chi connectivity index (χ0v) is 19.0. The predicted octanol–water partition coefficient (Wildman–Crippen LogP) is 3.63. The van der Waals surface area contributed by atoms with Gasteiger partial charge in [0.25, 0.3) is 0 Å². The molecule has 1 aromatic carbocycles. The van der Waals surface area contributed by atoms with Crippen LogP contribution in [-0.2, 0) is 13.1 Å². The largest absolute Gasteiger partial charge is 0.355 e. The molecule has 9 heteroatoms. The lowest BCUT2D eigenvalue weighted by Crippen LogP contribution is -2.34. The second kappa shape index (κ2) is 8.49. The molecule has 0 saturated carbocycles. The maximum absolute atomic E-state index is 9.50. The quantitative estimate of drug-likeness (QED) is 0.604. The molecule has 8 nitrogen and oxygen atoms in total. The summed E-state index contributed by atoms with van der Waals surface area (Å²) in [5.41, 5.74) is 3.08. The summed E-state index contributed by atoms with van der Waals surface area (Å²) in [5, 5.41) is 19.4. The van der Waals surface area contributed by atoms with Crippen molar-refractivity contribution in [1.29, 1.82) is 5.26 Å². The minimum absolute atomic E-state index is 0.229. The Morgan fingerprint density at radius 3 is 2.72 bits per heavy atom. The summed E-state index contributed by atoms with van der Waals surface area (Å²) in [5.74, 6) is 3.10. The predicted molar refractivity (Wildman–Crippen MR) is 122 cm³/mol. The molecule has 1 saturated heterocycles. The van der Waals surface area contributed by atoms with Crippen LogP contribution in [0.25, 0.3) is 5.69 Å². The molecule has 0 N–H and O–H groups in total. The van der Waals surface area contributed by atoms with E-state index in [0.29, 0.717) is 24.0 Å². The summed E-state index contributed by atoms with van der Waals surface area (Å²) in [6.45, 7) is 6.91. The first kappa shape index (κ1) is 20.9. The Bertz CT molecular complexity index is 1170. The molecule has 2 aliphatic heterocycles. The number of anilines is 1. The van der Waals surface area contributed by atoms with E-state index in [2.05, 4.69) is 40.6 Å². The molecule has 1 fully saturated rings. The Labute approximate surface area is 192 Å². The van der Waals surface area contributed by atoms with E-state index in [-0.39, 0.29) is 6.04 Å². The van der Waals surface area contributed by atoms with Gasteiger partial charge >= 0.3 is 0 Å². The van der Waals surface area contributed by atoms with Gasteiger partial charge in [0.05, 0.1) is 36.2 Å². The smallest absolute Gasteiger partial charge is 0.151 e. The molecule has 0 bridgehead atoms. The van der Waals surface area contributed by atoms with Crippen LogP contribution in [-0.4, -0.2) is 48.8 Å². The van der Waals surface area contributed by atoms with Crippen LogP contribution >= 0.6 is 11.6 Å². The summed E-state index contributed by atoms with van der Waals surface area (Å²) >= 11 is 6.33. The molecule has 1 atom stereocenters. The van der Waals surface area contributed by atoms with Crippen molar-refractivity contribution in [2.45, 2.75) is 51.7 Å². The molecular formula is C23H25ClN8. The van der Waals surface area contributed by atoms with Gasteiger partial charge in [0, 0.05) is 36.8 Å². The highest BCUT2D eigenvalue weighted by Gasteiger charge is 2.31. The SMILES string of the molecule is Cc1cncc(N2CCC(c3nnc4n3-c3ccc(Cl)cc3CN(C(C)C#N)C4)CC2)n1. The first-order valence-electron chi connectivity index (χ1n) is 10.9. The highest BCUT2D eigenvalue weighted by atomic mass is 35.5. The van der Waals surface area contributed by atoms with Crippen molar-refractivity contribution in [3.05, 3.63) is 58.5 Å². The van der Waals surface area contributed by atoms with Gasteiger partial charge in [-0.25, -0.2) is 4.98 Å². The van der Waals surface area contributed by atoms with Crippen LogP contribution in [0.15, 0.2) is 30.6 Å². The molecule has 3 aromatic rings. The van der Waals surface area contributed by atoms with Crippen LogP contribution < -0.4 is 4.90 Å². The monoisotopic (exact) mass is 448 g/mol. The zero-order chi connectivity index (χ0) is 22.2. The van der Waals surface area contributed by atoms with Crippen molar-refractivity contribution in [2.75, 3.05) is 18.0 Å². The Morgan fingerprint density at radius 2 is 1.97 bits per heavy atom. The van der Waals surface area contributed by atoms with Crippen LogP contribution in [0.3, 0.4) is 0 Å². The number of nitriles is 1. The number of aryl methyl sites for hydroxylation is 1. The third-order valence-corrected chi connectivity index (χ3v) is 6.65. The fourth-order valence-electron chi connectivity index (χ4n) is 4.64. The molecule has 32 heavy (non-hydrogen) atoms. The average Bonchev–Trinajstić information content (AvgIpc) is 3.14. The van der Waals surface area contributed by atoms with E-state index in [0.717, 1.165) is 60.3 Å². The fraction of sp³-hybridized carbons (Fsp3) is 0.435. The van der Waals surface area contributed by atoms with E-state index in [1.807, 2.05) is 38.2 Å². The average molecular weight is 449 g/mol. The van der Waals surface area contributed by atoms with Gasteiger partial charge in [-0.1, -0.05) is 11.6 Å². The molecule has 164 valence electrons. The van der Waals surface area contributed by atoms with Gasteiger partial charge < -0.3 is 4.90 Å². The third-order valence-electron chi connectivity index (χ3n) is 6.42. The molecule has 2 aliphatic rings. The molecule has 0 radical (unpaired) electrons. The van der Waals surface area contributed by atoms with Crippen molar-refractivity contribution in [3.63, 3.8) is 0 Å². The topological polar surface area (TPSA) is 86.8 Å². The Morgan fingerprint density at radius 1 is 1.16 bits per heavy atom. The Balaban J connectivity index is 1.46. The lowest BCUT2D eigenvalue weighted by atomic mass is 9.95. The number of benzene rings is 1. The van der Waals surface area contributed by atoms with Crippen LogP contribution in [0, 0.1) is 18.3 Å². The van der Waals surface area contributed by atoms with Crippen molar-refractivity contribution in [2.24, 2.45) is 0 Å². The first-order valence-corrected chi connectivity index (χ1v) is 11.3. The van der Waals surface area contributed by atoms with E-state index in [9.17, 15) is 5.26 Å². The van der Waals surface area contributed by atoms with Gasteiger partial charge in [0.1, 0.15) is 11.6 Å². The summed E-state index contributed by atoms with van der Waals surface area (Å²) < 4.78 is 2.20. The summed E-state index contributed by atoms with van der Waals surface area (Å²) in [6.07, 6.45) is 5.55. The molecule has 1 unspecified atom stereocenters. The lowest BCUT2D eigenvalue weighted by Gasteiger charge is -2.32. The highest BCUT2D eigenvalue weighted by Crippen LogP contribution is 2.34. The number of nitrogens with zero attached hydrogens (tertiary/aromatic N) is 8. The van der Waals surface area contributed by atoms with Crippen LogP contribution in [0.1, 0.15) is 48.6 Å². The third kappa shape index (κ3) is 3.83. The number of fused-ring (bicyclic) bond motifs is 3. The molecule has 0 aliphatic carbocycles. The molecule has 0 spiro atoms. The standard InChI is InChI=1S/C23H25ClN8/c1-15-11-26-12-21(27-15)30-7-5-17(6-8-30)23-29-28-22-14-31(16(2)10-25)13-18-9-19(24)3-4-20(18)32(22)23/h3-4,9,11-12,16-17H,5-8,13-14H2,1-2H3. The van der Waals surface area contributed by atoms with E-state index in [4.69, 9.17) is 11.6 Å². The van der Waals surface area contributed by atoms with Crippen LogP contribution in [0.4, 0.5) is 5.82 Å². The van der Waals surface area contributed by atoms with Gasteiger partial charge in [0.2, 0.25) is 0 Å². The number of rotatable bonds is 3. The summed E-state index contributed by atoms with van der Waals surface area (Å²) in [7, 11) is 0. The molecule has 4 heterocycles. The van der Waals surface area contributed by atoms with Crippen LogP contribution in [0.2, 0.25) is 5.02 Å². The number of piperidine rings is 1. The van der Waals surface area contributed by atoms with E-state index >= 15 is 0 Å². The second-order valence-electron chi connectivity index (χ2n) is 8.57. The van der Waals surface area contributed by atoms with Gasteiger partial charge in [-0.2, -0.15) is 5.26 Å². The lowest BCUT2D eigenvalue weighted by molar-refractivity contribution is 0.225. The van der Waals surface area contributed by atoms with Crippen molar-refractivity contribution < 1.29 is 0 Å².